The summed E-state index contributed by atoms with van der Waals surface area (Å²) in [6.45, 7) is -0.376. The lowest BCUT2D eigenvalue weighted by molar-refractivity contribution is -0.385. The molecule has 6 heteroatoms. The van der Waals surface area contributed by atoms with Crippen LogP contribution in [0.2, 0.25) is 0 Å². The van der Waals surface area contributed by atoms with Gasteiger partial charge in [-0.1, -0.05) is 0 Å². The van der Waals surface area contributed by atoms with Gasteiger partial charge in [-0.15, -0.1) is 0 Å². The average molecular weight is 262 g/mol. The highest BCUT2D eigenvalue weighted by Crippen LogP contribution is 2.32. The molecule has 0 heterocycles. The molecule has 14 heavy (non-hydrogen) atoms. The number of aliphatic hydroxyl groups excluding tert-OH is 1. The minimum Gasteiger partial charge on any atom is -0.495 e. The molecule has 76 valence electrons. The van der Waals surface area contributed by atoms with Crippen molar-refractivity contribution in [2.45, 2.75) is 6.61 Å². The zero-order chi connectivity index (χ0) is 10.7. The van der Waals surface area contributed by atoms with E-state index in [1.807, 2.05) is 0 Å². The third-order valence-corrected chi connectivity index (χ3v) is 2.34. The Balaban J connectivity index is 3.32. The Bertz CT molecular complexity index is 367. The average Bonchev–Trinajstić information content (AvgIpc) is 2.16. The van der Waals surface area contributed by atoms with Crippen molar-refractivity contribution in [2.24, 2.45) is 0 Å². The van der Waals surface area contributed by atoms with Crippen molar-refractivity contribution in [3.8, 4) is 5.75 Å². The number of nitrogens with zero attached hydrogens (tertiary/aromatic N) is 1. The van der Waals surface area contributed by atoms with Crippen molar-refractivity contribution >= 4 is 21.6 Å². The standard InChI is InChI=1S/C8H8BrNO4/c1-14-8-3-7(10(12)13)5(4-11)2-6(8)9/h2-3,11H,4H2,1H3. The number of hydrogen-bond acceptors (Lipinski definition) is 4. The molecule has 1 N–H and O–H groups in total. The molecule has 0 aliphatic rings. The van der Waals surface area contributed by atoms with Gasteiger partial charge in [0.2, 0.25) is 0 Å². The van der Waals surface area contributed by atoms with E-state index in [2.05, 4.69) is 15.9 Å². The fraction of sp³-hybridized carbons (Fsp3) is 0.250. The molecule has 0 aliphatic carbocycles. The zero-order valence-electron chi connectivity index (χ0n) is 7.36. The van der Waals surface area contributed by atoms with Gasteiger partial charge in [0, 0.05) is 0 Å². The van der Waals surface area contributed by atoms with Crippen molar-refractivity contribution < 1.29 is 14.8 Å². The summed E-state index contributed by atoms with van der Waals surface area (Å²) >= 11 is 3.17. The van der Waals surface area contributed by atoms with E-state index in [4.69, 9.17) is 9.84 Å². The maximum absolute atomic E-state index is 10.6. The predicted molar refractivity (Wildman–Crippen MR) is 53.3 cm³/mol. The van der Waals surface area contributed by atoms with Crippen LogP contribution in [0, 0.1) is 10.1 Å². The quantitative estimate of drug-likeness (QED) is 0.666. The van der Waals surface area contributed by atoms with Crippen LogP contribution in [0.1, 0.15) is 5.56 Å². The van der Waals surface area contributed by atoms with Crippen LogP contribution in [0.4, 0.5) is 5.69 Å². The van der Waals surface area contributed by atoms with Crippen LogP contribution < -0.4 is 4.74 Å². The van der Waals surface area contributed by atoms with Crippen molar-refractivity contribution in [3.05, 3.63) is 32.3 Å². The van der Waals surface area contributed by atoms with E-state index in [1.165, 1.54) is 19.2 Å². The van der Waals surface area contributed by atoms with E-state index < -0.39 is 4.92 Å². The second-order valence-corrected chi connectivity index (χ2v) is 3.39. The van der Waals surface area contributed by atoms with E-state index in [-0.39, 0.29) is 17.9 Å². The van der Waals surface area contributed by atoms with Crippen molar-refractivity contribution in [3.63, 3.8) is 0 Å². The third-order valence-electron chi connectivity index (χ3n) is 1.72. The number of aliphatic hydroxyl groups is 1. The highest BCUT2D eigenvalue weighted by Gasteiger charge is 2.16. The maximum atomic E-state index is 10.6. The van der Waals surface area contributed by atoms with E-state index >= 15 is 0 Å². The molecule has 0 aliphatic heterocycles. The molecule has 0 atom stereocenters. The number of halogens is 1. The van der Waals surface area contributed by atoms with Crippen LogP contribution in [0.25, 0.3) is 0 Å². The summed E-state index contributed by atoms with van der Waals surface area (Å²) < 4.78 is 5.48. The Labute approximate surface area is 88.6 Å². The summed E-state index contributed by atoms with van der Waals surface area (Å²) in [4.78, 5) is 10.0. The van der Waals surface area contributed by atoms with E-state index in [1.54, 1.807) is 0 Å². The fourth-order valence-electron chi connectivity index (χ4n) is 1.04. The van der Waals surface area contributed by atoms with Crippen LogP contribution in [0.3, 0.4) is 0 Å². The molecule has 0 spiro atoms. The van der Waals surface area contributed by atoms with Gasteiger partial charge < -0.3 is 9.84 Å². The zero-order valence-corrected chi connectivity index (χ0v) is 8.94. The highest BCUT2D eigenvalue weighted by atomic mass is 79.9. The van der Waals surface area contributed by atoms with Gasteiger partial charge in [0.05, 0.1) is 34.7 Å². The van der Waals surface area contributed by atoms with Crippen LogP contribution in [-0.2, 0) is 6.61 Å². The molecule has 0 unspecified atom stereocenters. The molecular formula is C8H8BrNO4. The van der Waals surface area contributed by atoms with Crippen molar-refractivity contribution in [1.82, 2.24) is 0 Å². The van der Waals surface area contributed by atoms with Gasteiger partial charge in [0.1, 0.15) is 5.75 Å². The molecule has 0 aromatic heterocycles. The molecule has 0 radical (unpaired) electrons. The summed E-state index contributed by atoms with van der Waals surface area (Å²) in [6, 6.07) is 2.74. The van der Waals surface area contributed by atoms with E-state index in [0.29, 0.717) is 10.2 Å². The molecule has 0 amide bonds. The first kappa shape index (κ1) is 10.9. The Morgan fingerprint density at radius 2 is 2.29 bits per heavy atom. The monoisotopic (exact) mass is 261 g/mol. The lowest BCUT2D eigenvalue weighted by Crippen LogP contribution is -1.97. The summed E-state index contributed by atoms with van der Waals surface area (Å²) in [6.07, 6.45) is 0. The molecule has 5 nitrogen and oxygen atoms in total. The number of rotatable bonds is 3. The first-order valence-corrected chi connectivity index (χ1v) is 4.51. The van der Waals surface area contributed by atoms with Gasteiger partial charge in [0.25, 0.3) is 5.69 Å². The van der Waals surface area contributed by atoms with Crippen LogP contribution >= 0.6 is 15.9 Å². The second kappa shape index (κ2) is 4.39. The van der Waals surface area contributed by atoms with Gasteiger partial charge in [-0.2, -0.15) is 0 Å². The highest BCUT2D eigenvalue weighted by molar-refractivity contribution is 9.10. The number of nitro benzene ring substituents is 1. The molecule has 1 rings (SSSR count). The normalized spacial score (nSPS) is 9.93. The molecule has 0 saturated heterocycles. The SMILES string of the molecule is COc1cc([N+](=O)[O-])c(CO)cc1Br. The van der Waals surface area contributed by atoms with Gasteiger partial charge >= 0.3 is 0 Å². The summed E-state index contributed by atoms with van der Waals surface area (Å²) in [5.41, 5.74) is 0.107. The molecule has 1 aromatic carbocycles. The van der Waals surface area contributed by atoms with Crippen LogP contribution in [0.15, 0.2) is 16.6 Å². The number of hydrogen-bond donors (Lipinski definition) is 1. The van der Waals surface area contributed by atoms with Gasteiger partial charge in [-0.05, 0) is 22.0 Å². The van der Waals surface area contributed by atoms with Crippen molar-refractivity contribution in [1.29, 1.82) is 0 Å². The molecular weight excluding hydrogens is 254 g/mol. The Hall–Kier alpha value is -1.14. The minimum absolute atomic E-state index is 0.146. The number of ether oxygens (including phenoxy) is 1. The molecule has 0 saturated carbocycles. The summed E-state index contributed by atoms with van der Waals surface area (Å²) in [5.74, 6) is 0.369. The maximum Gasteiger partial charge on any atom is 0.278 e. The van der Waals surface area contributed by atoms with Crippen LogP contribution in [0.5, 0.6) is 5.75 Å². The molecule has 0 bridgehead atoms. The minimum atomic E-state index is -0.555. The summed E-state index contributed by atoms with van der Waals surface area (Å²) in [5, 5.41) is 19.5. The first-order chi connectivity index (χ1) is 6.60. The first-order valence-electron chi connectivity index (χ1n) is 3.71. The van der Waals surface area contributed by atoms with Gasteiger partial charge in [-0.3, -0.25) is 10.1 Å². The number of benzene rings is 1. The smallest absolute Gasteiger partial charge is 0.278 e. The number of methoxy groups -OCH3 is 1. The second-order valence-electron chi connectivity index (χ2n) is 2.53. The lowest BCUT2D eigenvalue weighted by Gasteiger charge is -2.05. The Morgan fingerprint density at radius 1 is 1.64 bits per heavy atom. The summed E-state index contributed by atoms with van der Waals surface area (Å²) in [7, 11) is 1.42. The molecule has 1 aromatic rings. The topological polar surface area (TPSA) is 72.6 Å². The largest absolute Gasteiger partial charge is 0.495 e. The Kier molecular flexibility index (Phi) is 3.43. The van der Waals surface area contributed by atoms with E-state index in [9.17, 15) is 10.1 Å². The molecule has 0 fully saturated rings. The lowest BCUT2D eigenvalue weighted by atomic mass is 10.2. The van der Waals surface area contributed by atoms with E-state index in [0.717, 1.165) is 0 Å². The predicted octanol–water partition coefficient (Wildman–Crippen LogP) is 1.86. The number of nitro groups is 1. The van der Waals surface area contributed by atoms with Gasteiger partial charge in [0.15, 0.2) is 0 Å². The fourth-order valence-corrected chi connectivity index (χ4v) is 1.59. The Morgan fingerprint density at radius 3 is 2.71 bits per heavy atom. The third kappa shape index (κ3) is 2.02. The van der Waals surface area contributed by atoms with Crippen LogP contribution in [-0.4, -0.2) is 17.1 Å². The van der Waals surface area contributed by atoms with Gasteiger partial charge in [-0.25, -0.2) is 0 Å². The van der Waals surface area contributed by atoms with Crippen molar-refractivity contribution in [2.75, 3.05) is 7.11 Å².